The molecule has 1 aliphatic heterocycles. The van der Waals surface area contributed by atoms with E-state index in [2.05, 4.69) is 10.6 Å². The van der Waals surface area contributed by atoms with Gasteiger partial charge < -0.3 is 25.0 Å². The van der Waals surface area contributed by atoms with E-state index in [4.69, 9.17) is 9.47 Å². The molecular formula is C23H37F2N3O6. The van der Waals surface area contributed by atoms with Gasteiger partial charge in [0, 0.05) is 6.54 Å². The van der Waals surface area contributed by atoms with Gasteiger partial charge in [0.05, 0.1) is 12.5 Å². The smallest absolute Gasteiger partial charge is 0.408 e. The molecule has 3 amide bonds. The van der Waals surface area contributed by atoms with E-state index < -0.39 is 64.9 Å². The molecule has 0 aromatic carbocycles. The summed E-state index contributed by atoms with van der Waals surface area (Å²) in [5.41, 5.74) is -3.25. The highest BCUT2D eigenvalue weighted by molar-refractivity contribution is 5.96. The topological polar surface area (TPSA) is 114 Å². The highest BCUT2D eigenvalue weighted by atomic mass is 19.3. The Hall–Kier alpha value is -2.46. The van der Waals surface area contributed by atoms with Crippen molar-refractivity contribution in [2.24, 2.45) is 11.3 Å². The fraction of sp³-hybridized carbons (Fsp3) is 0.826. The Balaban J connectivity index is 2.19. The van der Waals surface area contributed by atoms with Crippen molar-refractivity contribution < 1.29 is 37.4 Å². The van der Waals surface area contributed by atoms with Crippen LogP contribution in [0.5, 0.6) is 0 Å². The molecule has 9 nitrogen and oxygen atoms in total. The number of hydrogen-bond donors (Lipinski definition) is 2. The lowest BCUT2D eigenvalue weighted by atomic mass is 9.85. The number of ether oxygens (including phenoxy) is 2. The first-order chi connectivity index (χ1) is 15.5. The molecule has 0 aromatic heterocycles. The van der Waals surface area contributed by atoms with Gasteiger partial charge in [-0.3, -0.25) is 9.59 Å². The summed E-state index contributed by atoms with van der Waals surface area (Å²) in [6.07, 6.45) is -2.97. The number of nitrogens with one attached hydrogen (secondary N) is 2. The molecule has 0 aromatic rings. The second-order valence-corrected chi connectivity index (χ2v) is 11.0. The maximum Gasteiger partial charge on any atom is 0.408 e. The molecule has 0 spiro atoms. The molecule has 1 saturated carbocycles. The Morgan fingerprint density at radius 1 is 1.12 bits per heavy atom. The van der Waals surface area contributed by atoms with Crippen LogP contribution < -0.4 is 10.6 Å². The standard InChI is InChI=1S/C23H37F2N3O6/c1-8-33-19(31)23(12-13(23)16(24)25)27-17(29)14-10-9-11-28(14)18(30)15(21(2,3)4)26-20(32)34-22(5,6)7/h13-16H,8-12H2,1-7H3,(H,26,32)(H,27,29)/t13?,14-,15+,23+/m0/s1. The minimum Gasteiger partial charge on any atom is -0.464 e. The van der Waals surface area contributed by atoms with Crippen LogP contribution in [0, 0.1) is 11.3 Å². The zero-order chi connectivity index (χ0) is 26.1. The number of nitrogens with zero attached hydrogens (tertiary/aromatic N) is 1. The minimum absolute atomic E-state index is 0.00987. The normalized spacial score (nSPS) is 25.5. The van der Waals surface area contributed by atoms with Gasteiger partial charge in [-0.1, -0.05) is 20.8 Å². The van der Waals surface area contributed by atoms with E-state index in [0.717, 1.165) is 0 Å². The summed E-state index contributed by atoms with van der Waals surface area (Å²) in [6.45, 7) is 12.2. The average Bonchev–Trinajstić information content (AvgIpc) is 3.20. The van der Waals surface area contributed by atoms with Gasteiger partial charge in [-0.05, 0) is 52.4 Å². The van der Waals surface area contributed by atoms with Crippen molar-refractivity contribution in [2.75, 3.05) is 13.2 Å². The maximum atomic E-state index is 13.5. The Labute approximate surface area is 199 Å². The lowest BCUT2D eigenvalue weighted by Crippen LogP contribution is -2.59. The molecule has 194 valence electrons. The average molecular weight is 490 g/mol. The SMILES string of the molecule is CCOC(=O)[C@@]1(NC(=O)[C@@H]2CCCN2C(=O)[C@@H](NC(=O)OC(C)(C)C)C(C)(C)C)CC1C(F)F. The van der Waals surface area contributed by atoms with E-state index in [0.29, 0.717) is 12.8 Å². The van der Waals surface area contributed by atoms with Crippen LogP contribution in [0.15, 0.2) is 0 Å². The molecule has 2 N–H and O–H groups in total. The highest BCUT2D eigenvalue weighted by Gasteiger charge is 2.67. The molecule has 34 heavy (non-hydrogen) atoms. The van der Waals surface area contributed by atoms with Gasteiger partial charge in [-0.25, -0.2) is 18.4 Å². The van der Waals surface area contributed by atoms with E-state index >= 15 is 0 Å². The molecule has 1 aliphatic carbocycles. The van der Waals surface area contributed by atoms with Crippen molar-refractivity contribution in [2.45, 2.75) is 97.4 Å². The quantitative estimate of drug-likeness (QED) is 0.532. The summed E-state index contributed by atoms with van der Waals surface area (Å²) in [7, 11) is 0. The number of alkyl carbamates (subject to hydrolysis) is 1. The summed E-state index contributed by atoms with van der Waals surface area (Å²) in [4.78, 5) is 52.6. The van der Waals surface area contributed by atoms with Crippen molar-refractivity contribution in [1.29, 1.82) is 0 Å². The zero-order valence-corrected chi connectivity index (χ0v) is 21.0. The van der Waals surface area contributed by atoms with Crippen molar-refractivity contribution in [1.82, 2.24) is 15.5 Å². The Morgan fingerprint density at radius 3 is 2.21 bits per heavy atom. The van der Waals surface area contributed by atoms with E-state index in [9.17, 15) is 28.0 Å². The number of rotatable bonds is 7. The number of amides is 3. The fourth-order valence-electron chi connectivity index (χ4n) is 4.13. The Kier molecular flexibility index (Phi) is 8.20. The largest absolute Gasteiger partial charge is 0.464 e. The fourth-order valence-corrected chi connectivity index (χ4v) is 4.13. The summed E-state index contributed by atoms with van der Waals surface area (Å²) >= 11 is 0. The second kappa shape index (κ2) is 10.0. The van der Waals surface area contributed by atoms with Crippen LogP contribution in [0.4, 0.5) is 13.6 Å². The number of hydrogen-bond acceptors (Lipinski definition) is 6. The number of likely N-dealkylation sites (tertiary alicyclic amines) is 1. The summed E-state index contributed by atoms with van der Waals surface area (Å²) in [6, 6.07) is -1.95. The molecular weight excluding hydrogens is 452 g/mol. The molecule has 0 bridgehead atoms. The predicted octanol–water partition coefficient (Wildman–Crippen LogP) is 2.62. The van der Waals surface area contributed by atoms with Gasteiger partial charge in [-0.2, -0.15) is 0 Å². The predicted molar refractivity (Wildman–Crippen MR) is 119 cm³/mol. The zero-order valence-electron chi connectivity index (χ0n) is 21.0. The van der Waals surface area contributed by atoms with E-state index in [1.54, 1.807) is 48.5 Å². The van der Waals surface area contributed by atoms with Crippen molar-refractivity contribution in [3.8, 4) is 0 Å². The van der Waals surface area contributed by atoms with Crippen LogP contribution in [0.25, 0.3) is 0 Å². The number of carbonyl (C=O) groups excluding carboxylic acids is 4. The minimum atomic E-state index is -2.80. The maximum absolute atomic E-state index is 13.5. The molecule has 2 fully saturated rings. The first-order valence-electron chi connectivity index (χ1n) is 11.6. The first kappa shape index (κ1) is 27.8. The van der Waals surface area contributed by atoms with Crippen LogP contribution in [0.2, 0.25) is 0 Å². The third kappa shape index (κ3) is 6.35. The van der Waals surface area contributed by atoms with Crippen LogP contribution >= 0.6 is 0 Å². The number of halogens is 2. The molecule has 0 radical (unpaired) electrons. The molecule has 4 atom stereocenters. The third-order valence-corrected chi connectivity index (χ3v) is 5.92. The van der Waals surface area contributed by atoms with Gasteiger partial charge in [0.15, 0.2) is 0 Å². The van der Waals surface area contributed by atoms with Crippen molar-refractivity contribution in [3.63, 3.8) is 0 Å². The number of alkyl halides is 2. The second-order valence-electron chi connectivity index (χ2n) is 11.0. The molecule has 1 unspecified atom stereocenters. The molecule has 2 rings (SSSR count). The summed E-state index contributed by atoms with van der Waals surface area (Å²) in [5.74, 6) is -3.41. The van der Waals surface area contributed by atoms with Crippen LogP contribution in [0.1, 0.15) is 67.7 Å². The van der Waals surface area contributed by atoms with Gasteiger partial charge >= 0.3 is 12.1 Å². The van der Waals surface area contributed by atoms with Crippen molar-refractivity contribution >= 4 is 23.9 Å². The monoisotopic (exact) mass is 489 g/mol. The number of esters is 1. The van der Waals surface area contributed by atoms with Crippen LogP contribution in [0.3, 0.4) is 0 Å². The molecule has 2 aliphatic rings. The third-order valence-electron chi connectivity index (χ3n) is 5.92. The van der Waals surface area contributed by atoms with Crippen LogP contribution in [-0.4, -0.2) is 71.6 Å². The molecule has 1 saturated heterocycles. The lowest BCUT2D eigenvalue weighted by Gasteiger charge is -2.36. The molecule has 11 heteroatoms. The summed E-state index contributed by atoms with van der Waals surface area (Å²) in [5, 5.41) is 5.07. The van der Waals surface area contributed by atoms with Gasteiger partial charge in [0.25, 0.3) is 0 Å². The van der Waals surface area contributed by atoms with Crippen LogP contribution in [-0.2, 0) is 23.9 Å². The van der Waals surface area contributed by atoms with Gasteiger partial charge in [0.2, 0.25) is 18.2 Å². The Bertz CT molecular complexity index is 808. The first-order valence-corrected chi connectivity index (χ1v) is 11.6. The van der Waals surface area contributed by atoms with E-state index in [-0.39, 0.29) is 19.6 Å². The van der Waals surface area contributed by atoms with Crippen molar-refractivity contribution in [3.05, 3.63) is 0 Å². The number of carbonyl (C=O) groups is 4. The molecule has 1 heterocycles. The van der Waals surface area contributed by atoms with E-state index in [1.165, 1.54) is 4.90 Å². The van der Waals surface area contributed by atoms with Gasteiger partial charge in [0.1, 0.15) is 23.2 Å². The van der Waals surface area contributed by atoms with E-state index in [1.807, 2.05) is 0 Å². The lowest BCUT2D eigenvalue weighted by molar-refractivity contribution is -0.151. The van der Waals surface area contributed by atoms with Gasteiger partial charge in [-0.15, -0.1) is 0 Å². The highest BCUT2D eigenvalue weighted by Crippen LogP contribution is 2.48. The Morgan fingerprint density at radius 2 is 1.74 bits per heavy atom. The summed E-state index contributed by atoms with van der Waals surface area (Å²) < 4.78 is 36.9.